The molecule has 0 saturated heterocycles. The molecule has 1 rings (SSSR count). The van der Waals surface area contributed by atoms with Crippen LogP contribution in [0.5, 0.6) is 0 Å². The van der Waals surface area contributed by atoms with E-state index in [2.05, 4.69) is 25.3 Å². The first kappa shape index (κ1) is 16.5. The molecular weight excluding hydrogens is 256 g/mol. The summed E-state index contributed by atoms with van der Waals surface area (Å²) in [4.78, 5) is 0. The molecule has 0 radical (unpaired) electrons. The highest BCUT2D eigenvalue weighted by molar-refractivity contribution is 6.31. The minimum atomic E-state index is 0.213. The Morgan fingerprint density at radius 3 is 2.53 bits per heavy atom. The molecule has 3 heteroatoms. The summed E-state index contributed by atoms with van der Waals surface area (Å²) in [5.41, 5.74) is 5.29. The molecule has 0 bridgehead atoms. The summed E-state index contributed by atoms with van der Waals surface area (Å²) in [5, 5.41) is 0.820. The van der Waals surface area contributed by atoms with Crippen molar-refractivity contribution in [2.24, 2.45) is 5.84 Å². The Morgan fingerprint density at radius 2 is 1.84 bits per heavy atom. The lowest BCUT2D eigenvalue weighted by molar-refractivity contribution is 0.475. The van der Waals surface area contributed by atoms with Crippen LogP contribution in [0.4, 0.5) is 0 Å². The van der Waals surface area contributed by atoms with Gasteiger partial charge in [-0.25, -0.2) is 0 Å². The van der Waals surface area contributed by atoms with Gasteiger partial charge in [-0.05, 0) is 30.5 Å². The maximum Gasteiger partial charge on any atom is 0.0463 e. The van der Waals surface area contributed by atoms with Gasteiger partial charge in [0, 0.05) is 11.1 Å². The minimum absolute atomic E-state index is 0.213. The number of hydrogen-bond donors (Lipinski definition) is 2. The van der Waals surface area contributed by atoms with Gasteiger partial charge in [0.15, 0.2) is 0 Å². The van der Waals surface area contributed by atoms with Crippen LogP contribution < -0.4 is 11.3 Å². The van der Waals surface area contributed by atoms with Crippen LogP contribution in [0.1, 0.15) is 69.0 Å². The molecule has 3 N–H and O–H groups in total. The van der Waals surface area contributed by atoms with Gasteiger partial charge in [0.25, 0.3) is 0 Å². The van der Waals surface area contributed by atoms with Gasteiger partial charge < -0.3 is 0 Å². The number of hydrazine groups is 1. The Morgan fingerprint density at radius 1 is 1.16 bits per heavy atom. The lowest BCUT2D eigenvalue weighted by Gasteiger charge is -2.19. The topological polar surface area (TPSA) is 38.0 Å². The van der Waals surface area contributed by atoms with Crippen LogP contribution in [0, 0.1) is 6.92 Å². The molecule has 108 valence electrons. The van der Waals surface area contributed by atoms with E-state index in [9.17, 15) is 0 Å². The molecular formula is C16H27ClN2. The van der Waals surface area contributed by atoms with Gasteiger partial charge in [-0.15, -0.1) is 0 Å². The number of benzene rings is 1. The highest BCUT2D eigenvalue weighted by Gasteiger charge is 2.13. The Bertz CT molecular complexity index is 366. The summed E-state index contributed by atoms with van der Waals surface area (Å²) < 4.78 is 0. The fourth-order valence-electron chi connectivity index (χ4n) is 2.46. The van der Waals surface area contributed by atoms with Gasteiger partial charge in [-0.1, -0.05) is 69.2 Å². The molecule has 1 aromatic carbocycles. The van der Waals surface area contributed by atoms with Crippen molar-refractivity contribution >= 4 is 11.6 Å². The third-order valence-corrected chi connectivity index (χ3v) is 4.14. The molecule has 19 heavy (non-hydrogen) atoms. The molecule has 0 amide bonds. The molecule has 0 aliphatic carbocycles. The third kappa shape index (κ3) is 5.52. The molecule has 0 aliphatic rings. The fourth-order valence-corrected chi connectivity index (χ4v) is 2.64. The van der Waals surface area contributed by atoms with Gasteiger partial charge in [-0.3, -0.25) is 11.3 Å². The van der Waals surface area contributed by atoms with Gasteiger partial charge in [-0.2, -0.15) is 0 Å². The summed E-state index contributed by atoms with van der Waals surface area (Å²) in [5.74, 6) is 5.69. The van der Waals surface area contributed by atoms with Crippen molar-refractivity contribution in [3.05, 3.63) is 34.3 Å². The zero-order valence-electron chi connectivity index (χ0n) is 12.2. The first-order valence-electron chi connectivity index (χ1n) is 7.41. The molecule has 0 aromatic heterocycles. The van der Waals surface area contributed by atoms with E-state index in [0.29, 0.717) is 0 Å². The van der Waals surface area contributed by atoms with E-state index >= 15 is 0 Å². The monoisotopic (exact) mass is 282 g/mol. The van der Waals surface area contributed by atoms with Crippen molar-refractivity contribution in [3.8, 4) is 0 Å². The number of nitrogens with two attached hydrogens (primary N) is 1. The second kappa shape index (κ2) is 9.35. The Balaban J connectivity index is 2.43. The van der Waals surface area contributed by atoms with Crippen molar-refractivity contribution in [2.45, 2.75) is 64.8 Å². The van der Waals surface area contributed by atoms with Crippen molar-refractivity contribution in [3.63, 3.8) is 0 Å². The highest BCUT2D eigenvalue weighted by Crippen LogP contribution is 2.27. The van der Waals surface area contributed by atoms with Gasteiger partial charge in [0.2, 0.25) is 0 Å². The van der Waals surface area contributed by atoms with Crippen molar-refractivity contribution < 1.29 is 0 Å². The maximum absolute atomic E-state index is 6.16. The second-order valence-corrected chi connectivity index (χ2v) is 5.64. The number of rotatable bonds is 9. The van der Waals surface area contributed by atoms with Crippen LogP contribution in [0.25, 0.3) is 0 Å². The Kier molecular flexibility index (Phi) is 8.11. The zero-order valence-corrected chi connectivity index (χ0v) is 13.0. The minimum Gasteiger partial charge on any atom is -0.271 e. The average molecular weight is 283 g/mol. The van der Waals surface area contributed by atoms with E-state index in [1.54, 1.807) is 0 Å². The first-order chi connectivity index (χ1) is 9.20. The van der Waals surface area contributed by atoms with Crippen LogP contribution in [0.2, 0.25) is 5.02 Å². The maximum atomic E-state index is 6.16. The van der Waals surface area contributed by atoms with E-state index in [4.69, 9.17) is 17.4 Å². The number of nitrogens with one attached hydrogen (secondary N) is 1. The van der Waals surface area contributed by atoms with Crippen LogP contribution in [0.15, 0.2) is 18.2 Å². The van der Waals surface area contributed by atoms with E-state index < -0.39 is 0 Å². The molecule has 1 aromatic rings. The predicted octanol–water partition coefficient (Wildman–Crippen LogP) is 4.90. The molecule has 0 saturated carbocycles. The van der Waals surface area contributed by atoms with Crippen LogP contribution >= 0.6 is 11.6 Å². The fraction of sp³-hybridized carbons (Fsp3) is 0.625. The highest BCUT2D eigenvalue weighted by atomic mass is 35.5. The molecule has 0 aliphatic heterocycles. The molecule has 0 heterocycles. The molecule has 2 nitrogen and oxygen atoms in total. The number of unbranched alkanes of at least 4 members (excludes halogenated alkanes) is 5. The summed E-state index contributed by atoms with van der Waals surface area (Å²) in [6.45, 7) is 4.31. The van der Waals surface area contributed by atoms with E-state index in [1.165, 1.54) is 44.1 Å². The third-order valence-electron chi connectivity index (χ3n) is 3.73. The molecule has 1 unspecified atom stereocenters. The first-order valence-corrected chi connectivity index (χ1v) is 7.79. The summed E-state index contributed by atoms with van der Waals surface area (Å²) in [6, 6.07) is 6.25. The summed E-state index contributed by atoms with van der Waals surface area (Å²) in [6.07, 6.45) is 8.92. The van der Waals surface area contributed by atoms with Crippen LogP contribution in [0.3, 0.4) is 0 Å². The predicted molar refractivity (Wildman–Crippen MR) is 84.2 cm³/mol. The lowest BCUT2D eigenvalue weighted by Crippen LogP contribution is -2.28. The Labute approximate surface area is 122 Å². The standard InChI is InChI=1S/C16H27ClN2/c1-3-4-5-6-7-8-12-16(19-18)14-10-9-11-15(17)13(14)2/h9-11,16,19H,3-8,12,18H2,1-2H3. The average Bonchev–Trinajstić information content (AvgIpc) is 2.42. The second-order valence-electron chi connectivity index (χ2n) is 5.23. The van der Waals surface area contributed by atoms with E-state index in [1.807, 2.05) is 12.1 Å². The molecule has 0 fully saturated rings. The van der Waals surface area contributed by atoms with Crippen molar-refractivity contribution in [1.29, 1.82) is 0 Å². The van der Waals surface area contributed by atoms with Crippen molar-refractivity contribution in [2.75, 3.05) is 0 Å². The molecule has 0 spiro atoms. The summed E-state index contributed by atoms with van der Waals surface area (Å²) >= 11 is 6.16. The van der Waals surface area contributed by atoms with Gasteiger partial charge >= 0.3 is 0 Å². The summed E-state index contributed by atoms with van der Waals surface area (Å²) in [7, 11) is 0. The smallest absolute Gasteiger partial charge is 0.0463 e. The molecule has 1 atom stereocenters. The Hall–Kier alpha value is -0.570. The largest absolute Gasteiger partial charge is 0.271 e. The normalized spacial score (nSPS) is 12.6. The zero-order chi connectivity index (χ0) is 14.1. The van der Waals surface area contributed by atoms with E-state index in [-0.39, 0.29) is 6.04 Å². The number of hydrogen-bond acceptors (Lipinski definition) is 2. The van der Waals surface area contributed by atoms with E-state index in [0.717, 1.165) is 17.0 Å². The SMILES string of the molecule is CCCCCCCCC(NN)c1cccc(Cl)c1C. The van der Waals surface area contributed by atoms with Crippen molar-refractivity contribution in [1.82, 2.24) is 5.43 Å². The van der Waals surface area contributed by atoms with Gasteiger partial charge in [0.1, 0.15) is 0 Å². The lowest BCUT2D eigenvalue weighted by atomic mass is 9.96. The van der Waals surface area contributed by atoms with Crippen LogP contribution in [-0.2, 0) is 0 Å². The van der Waals surface area contributed by atoms with Gasteiger partial charge in [0.05, 0.1) is 0 Å². The number of halogens is 1. The van der Waals surface area contributed by atoms with Crippen LogP contribution in [-0.4, -0.2) is 0 Å². The quantitative estimate of drug-likeness (QED) is 0.384.